The van der Waals surface area contributed by atoms with E-state index in [0.29, 0.717) is 41.8 Å². The zero-order valence-electron chi connectivity index (χ0n) is 16.2. The molecule has 146 valence electrons. The van der Waals surface area contributed by atoms with E-state index in [9.17, 15) is 4.79 Å². The van der Waals surface area contributed by atoms with Gasteiger partial charge in [0.2, 0.25) is 0 Å². The Morgan fingerprint density at radius 2 is 1.78 bits per heavy atom. The predicted octanol–water partition coefficient (Wildman–Crippen LogP) is 4.43. The lowest BCUT2D eigenvalue weighted by Crippen LogP contribution is -2.40. The lowest BCUT2D eigenvalue weighted by molar-refractivity contribution is 0.00315. The van der Waals surface area contributed by atoms with Crippen LogP contribution in [0.15, 0.2) is 42.5 Å². The zero-order valence-corrected chi connectivity index (χ0v) is 16.9. The maximum absolute atomic E-state index is 12.6. The number of rotatable bonds is 9. The molecule has 0 spiro atoms. The maximum atomic E-state index is 12.6. The Balaban J connectivity index is 2.15. The van der Waals surface area contributed by atoms with Crippen LogP contribution in [0.3, 0.4) is 0 Å². The van der Waals surface area contributed by atoms with Crippen molar-refractivity contribution in [3.05, 3.63) is 58.6 Å². The number of ether oxygens (including phenoxy) is 3. The molecule has 1 atom stereocenters. The number of halogens is 1. The average Bonchev–Trinajstić information content (AvgIpc) is 2.67. The number of hydrogen-bond acceptors (Lipinski definition) is 4. The van der Waals surface area contributed by atoms with Crippen LogP contribution >= 0.6 is 11.6 Å². The molecule has 0 heterocycles. The van der Waals surface area contributed by atoms with Gasteiger partial charge in [0.15, 0.2) is 11.5 Å². The van der Waals surface area contributed by atoms with Crippen LogP contribution in [-0.4, -0.2) is 32.8 Å². The number of methoxy groups -OCH3 is 1. The molecule has 5 nitrogen and oxygen atoms in total. The van der Waals surface area contributed by atoms with Crippen LogP contribution in [0.1, 0.15) is 36.7 Å². The van der Waals surface area contributed by atoms with E-state index in [1.807, 2.05) is 39.0 Å². The minimum absolute atomic E-state index is 0.218. The summed E-state index contributed by atoms with van der Waals surface area (Å²) in [5.41, 5.74) is 0.681. The van der Waals surface area contributed by atoms with Crippen LogP contribution in [0.4, 0.5) is 0 Å². The molecule has 1 amide bonds. The van der Waals surface area contributed by atoms with Crippen molar-refractivity contribution in [2.75, 3.05) is 26.9 Å². The van der Waals surface area contributed by atoms with Crippen molar-refractivity contribution in [1.82, 2.24) is 5.32 Å². The Bertz CT molecular complexity index is 781. The zero-order chi connectivity index (χ0) is 19.9. The van der Waals surface area contributed by atoms with Gasteiger partial charge in [-0.1, -0.05) is 23.7 Å². The Labute approximate surface area is 165 Å². The minimum atomic E-state index is -0.700. The third-order valence-corrected chi connectivity index (χ3v) is 4.51. The van der Waals surface area contributed by atoms with Crippen molar-refractivity contribution in [2.24, 2.45) is 0 Å². The summed E-state index contributed by atoms with van der Waals surface area (Å²) in [6.45, 7) is 7.00. The molecular formula is C21H26ClNO4. The highest BCUT2D eigenvalue weighted by molar-refractivity contribution is 6.30. The number of nitrogens with one attached hydrogen (secondary N) is 1. The monoisotopic (exact) mass is 391 g/mol. The fourth-order valence-electron chi connectivity index (χ4n) is 2.65. The maximum Gasteiger partial charge on any atom is 0.251 e. The third-order valence-electron chi connectivity index (χ3n) is 4.28. The first-order chi connectivity index (χ1) is 12.9. The molecule has 0 saturated heterocycles. The van der Waals surface area contributed by atoms with Gasteiger partial charge >= 0.3 is 0 Å². The highest BCUT2D eigenvalue weighted by Crippen LogP contribution is 2.29. The van der Waals surface area contributed by atoms with Crippen LogP contribution in [-0.2, 0) is 10.3 Å². The largest absolute Gasteiger partial charge is 0.490 e. The highest BCUT2D eigenvalue weighted by Gasteiger charge is 2.27. The first kappa shape index (κ1) is 21.1. The highest BCUT2D eigenvalue weighted by atomic mass is 35.5. The van der Waals surface area contributed by atoms with Gasteiger partial charge in [-0.2, -0.15) is 0 Å². The third kappa shape index (κ3) is 5.37. The van der Waals surface area contributed by atoms with Gasteiger partial charge in [0.25, 0.3) is 5.91 Å². The van der Waals surface area contributed by atoms with Gasteiger partial charge in [-0.05, 0) is 56.7 Å². The fraction of sp³-hybridized carbons (Fsp3) is 0.381. The number of amides is 1. The number of hydrogen-bond donors (Lipinski definition) is 1. The summed E-state index contributed by atoms with van der Waals surface area (Å²) in [6, 6.07) is 12.6. The lowest BCUT2D eigenvalue weighted by Gasteiger charge is -2.29. The van der Waals surface area contributed by atoms with Crippen molar-refractivity contribution < 1.29 is 19.0 Å². The summed E-state index contributed by atoms with van der Waals surface area (Å²) in [5, 5.41) is 3.55. The molecule has 0 aromatic heterocycles. The van der Waals surface area contributed by atoms with E-state index in [2.05, 4.69) is 5.32 Å². The fourth-order valence-corrected chi connectivity index (χ4v) is 2.84. The van der Waals surface area contributed by atoms with Crippen molar-refractivity contribution >= 4 is 17.5 Å². The summed E-state index contributed by atoms with van der Waals surface area (Å²) in [7, 11) is 1.61. The molecule has 2 aromatic rings. The summed E-state index contributed by atoms with van der Waals surface area (Å²) in [6.07, 6.45) is 0. The second-order valence-electron chi connectivity index (χ2n) is 6.16. The standard InChI is InChI=1S/C21H26ClNO4/c1-5-26-18-11-10-15(12-19(18)27-6-2)20(24)23-14-21(3,25-4)16-8-7-9-17(22)13-16/h7-13H,5-6,14H2,1-4H3,(H,23,24). The molecule has 0 aliphatic carbocycles. The molecule has 27 heavy (non-hydrogen) atoms. The summed E-state index contributed by atoms with van der Waals surface area (Å²) >= 11 is 6.09. The summed E-state index contributed by atoms with van der Waals surface area (Å²) < 4.78 is 16.8. The van der Waals surface area contributed by atoms with Crippen LogP contribution in [0.2, 0.25) is 5.02 Å². The molecule has 0 aliphatic rings. The number of carbonyl (C=O) groups is 1. The molecule has 2 aromatic carbocycles. The first-order valence-electron chi connectivity index (χ1n) is 8.92. The smallest absolute Gasteiger partial charge is 0.251 e. The average molecular weight is 392 g/mol. The molecule has 1 N–H and O–H groups in total. The molecule has 0 fully saturated rings. The topological polar surface area (TPSA) is 56.8 Å². The van der Waals surface area contributed by atoms with E-state index < -0.39 is 5.60 Å². The quantitative estimate of drug-likeness (QED) is 0.687. The van der Waals surface area contributed by atoms with Crippen LogP contribution in [0, 0.1) is 0 Å². The lowest BCUT2D eigenvalue weighted by atomic mass is 9.95. The van der Waals surface area contributed by atoms with Gasteiger partial charge in [0.1, 0.15) is 5.60 Å². The normalized spacial score (nSPS) is 12.9. The minimum Gasteiger partial charge on any atom is -0.490 e. The van der Waals surface area contributed by atoms with Gasteiger partial charge in [-0.15, -0.1) is 0 Å². The number of benzene rings is 2. The molecule has 0 radical (unpaired) electrons. The van der Waals surface area contributed by atoms with E-state index in [1.165, 1.54) is 0 Å². The molecule has 0 saturated carbocycles. The van der Waals surface area contributed by atoms with Crippen molar-refractivity contribution in [1.29, 1.82) is 0 Å². The molecule has 0 aliphatic heterocycles. The second-order valence-corrected chi connectivity index (χ2v) is 6.59. The van der Waals surface area contributed by atoms with E-state index in [4.69, 9.17) is 25.8 Å². The van der Waals surface area contributed by atoms with Crippen LogP contribution < -0.4 is 14.8 Å². The Morgan fingerprint density at radius 1 is 1.07 bits per heavy atom. The van der Waals surface area contributed by atoms with Gasteiger partial charge in [0, 0.05) is 17.7 Å². The van der Waals surface area contributed by atoms with Gasteiger partial charge < -0.3 is 19.5 Å². The van der Waals surface area contributed by atoms with E-state index in [0.717, 1.165) is 5.56 Å². The van der Waals surface area contributed by atoms with Gasteiger partial charge in [0.05, 0.1) is 19.8 Å². The van der Waals surface area contributed by atoms with Gasteiger partial charge in [-0.25, -0.2) is 0 Å². The second kappa shape index (κ2) is 9.62. The predicted molar refractivity (Wildman–Crippen MR) is 107 cm³/mol. The molecule has 6 heteroatoms. The summed E-state index contributed by atoms with van der Waals surface area (Å²) in [4.78, 5) is 12.6. The Kier molecular flexibility index (Phi) is 7.51. The van der Waals surface area contributed by atoms with Gasteiger partial charge in [-0.3, -0.25) is 4.79 Å². The van der Waals surface area contributed by atoms with E-state index in [1.54, 1.807) is 31.4 Å². The molecular weight excluding hydrogens is 366 g/mol. The molecule has 2 rings (SSSR count). The Hall–Kier alpha value is -2.24. The van der Waals surface area contributed by atoms with E-state index >= 15 is 0 Å². The van der Waals surface area contributed by atoms with Crippen molar-refractivity contribution in [3.8, 4) is 11.5 Å². The van der Waals surface area contributed by atoms with E-state index in [-0.39, 0.29) is 5.91 Å². The SMILES string of the molecule is CCOc1ccc(C(=O)NCC(C)(OC)c2cccc(Cl)c2)cc1OCC. The Morgan fingerprint density at radius 3 is 2.41 bits per heavy atom. The van der Waals surface area contributed by atoms with Crippen molar-refractivity contribution in [2.45, 2.75) is 26.4 Å². The summed E-state index contributed by atoms with van der Waals surface area (Å²) in [5.74, 6) is 0.956. The molecule has 1 unspecified atom stereocenters. The number of carbonyl (C=O) groups excluding carboxylic acids is 1. The van der Waals surface area contributed by atoms with Crippen LogP contribution in [0.5, 0.6) is 11.5 Å². The first-order valence-corrected chi connectivity index (χ1v) is 9.30. The van der Waals surface area contributed by atoms with Crippen molar-refractivity contribution in [3.63, 3.8) is 0 Å². The molecule has 0 bridgehead atoms. The van der Waals surface area contributed by atoms with Crippen LogP contribution in [0.25, 0.3) is 0 Å².